The van der Waals surface area contributed by atoms with Gasteiger partial charge >= 0.3 is 0 Å². The fraction of sp³-hybridized carbons (Fsp3) is 0.900. The zero-order valence-electron chi connectivity index (χ0n) is 8.76. The summed E-state index contributed by atoms with van der Waals surface area (Å²) in [6, 6.07) is 0. The number of primary amides is 1. The lowest BCUT2D eigenvalue weighted by molar-refractivity contribution is -0.125. The largest absolute Gasteiger partial charge is 0.368 e. The first-order valence-corrected chi connectivity index (χ1v) is 4.87. The van der Waals surface area contributed by atoms with E-state index in [0.717, 1.165) is 19.3 Å². The van der Waals surface area contributed by atoms with Crippen molar-refractivity contribution in [3.8, 4) is 0 Å². The van der Waals surface area contributed by atoms with E-state index in [1.54, 1.807) is 0 Å². The van der Waals surface area contributed by atoms with Gasteiger partial charge in [0.1, 0.15) is 0 Å². The second kappa shape index (κ2) is 2.98. The van der Waals surface area contributed by atoms with Crippen molar-refractivity contribution in [3.05, 3.63) is 0 Å². The SMILES string of the molecule is CC(C)(C)[C@@H]1CCC[C@]1(N)C(N)=O. The number of hydrogen-bond acceptors (Lipinski definition) is 2. The van der Waals surface area contributed by atoms with E-state index in [-0.39, 0.29) is 17.2 Å². The Morgan fingerprint density at radius 1 is 1.46 bits per heavy atom. The third-order valence-corrected chi connectivity index (χ3v) is 3.21. The van der Waals surface area contributed by atoms with Crippen molar-refractivity contribution in [2.45, 2.75) is 45.6 Å². The van der Waals surface area contributed by atoms with Gasteiger partial charge in [-0.05, 0) is 24.2 Å². The van der Waals surface area contributed by atoms with Gasteiger partial charge in [-0.2, -0.15) is 0 Å². The van der Waals surface area contributed by atoms with Crippen LogP contribution in [0.4, 0.5) is 0 Å². The number of rotatable bonds is 1. The molecule has 0 radical (unpaired) electrons. The van der Waals surface area contributed by atoms with E-state index in [4.69, 9.17) is 11.5 Å². The maximum absolute atomic E-state index is 11.3. The number of nitrogens with two attached hydrogens (primary N) is 2. The Kier molecular flexibility index (Phi) is 2.41. The van der Waals surface area contributed by atoms with Gasteiger partial charge in [-0.25, -0.2) is 0 Å². The van der Waals surface area contributed by atoms with Crippen molar-refractivity contribution >= 4 is 5.91 Å². The highest BCUT2D eigenvalue weighted by Gasteiger charge is 2.49. The Labute approximate surface area is 79.9 Å². The first-order chi connectivity index (χ1) is 5.78. The number of amides is 1. The highest BCUT2D eigenvalue weighted by molar-refractivity contribution is 5.85. The molecule has 76 valence electrons. The molecule has 1 amide bonds. The quantitative estimate of drug-likeness (QED) is 0.638. The molecule has 1 aliphatic rings. The van der Waals surface area contributed by atoms with Gasteiger partial charge in [0.15, 0.2) is 0 Å². The summed E-state index contributed by atoms with van der Waals surface area (Å²) in [5.41, 5.74) is 10.7. The van der Waals surface area contributed by atoms with E-state index in [1.165, 1.54) is 0 Å². The van der Waals surface area contributed by atoms with Crippen LogP contribution in [0.15, 0.2) is 0 Å². The van der Waals surface area contributed by atoms with Gasteiger partial charge in [-0.3, -0.25) is 4.79 Å². The molecule has 0 heterocycles. The minimum atomic E-state index is -0.766. The Hall–Kier alpha value is -0.570. The summed E-state index contributed by atoms with van der Waals surface area (Å²) in [6.07, 6.45) is 2.77. The molecule has 3 heteroatoms. The van der Waals surface area contributed by atoms with Crippen molar-refractivity contribution in [1.82, 2.24) is 0 Å². The molecule has 0 bridgehead atoms. The minimum absolute atomic E-state index is 0.0697. The number of hydrogen-bond donors (Lipinski definition) is 2. The Balaban J connectivity index is 2.93. The molecule has 2 atom stereocenters. The van der Waals surface area contributed by atoms with Crippen LogP contribution in [0, 0.1) is 11.3 Å². The van der Waals surface area contributed by atoms with Gasteiger partial charge in [0.25, 0.3) is 0 Å². The van der Waals surface area contributed by atoms with Crippen LogP contribution in [0.25, 0.3) is 0 Å². The molecule has 4 N–H and O–H groups in total. The van der Waals surface area contributed by atoms with Crippen LogP contribution in [0.5, 0.6) is 0 Å². The smallest absolute Gasteiger partial charge is 0.237 e. The molecule has 3 nitrogen and oxygen atoms in total. The predicted molar refractivity (Wildman–Crippen MR) is 52.9 cm³/mol. The summed E-state index contributed by atoms with van der Waals surface area (Å²) in [5.74, 6) is -0.123. The topological polar surface area (TPSA) is 69.1 Å². The third-order valence-electron chi connectivity index (χ3n) is 3.21. The van der Waals surface area contributed by atoms with E-state index in [2.05, 4.69) is 20.8 Å². The molecule has 1 rings (SSSR count). The summed E-state index contributed by atoms with van der Waals surface area (Å²) in [5, 5.41) is 0. The maximum atomic E-state index is 11.3. The molecular weight excluding hydrogens is 164 g/mol. The lowest BCUT2D eigenvalue weighted by Gasteiger charge is -2.37. The average molecular weight is 184 g/mol. The molecule has 0 aliphatic heterocycles. The highest BCUT2D eigenvalue weighted by Crippen LogP contribution is 2.44. The molecule has 0 saturated heterocycles. The van der Waals surface area contributed by atoms with E-state index < -0.39 is 5.54 Å². The molecule has 1 fully saturated rings. The number of carbonyl (C=O) groups is 1. The van der Waals surface area contributed by atoms with Crippen LogP contribution in [-0.4, -0.2) is 11.4 Å². The first-order valence-electron chi connectivity index (χ1n) is 4.87. The van der Waals surface area contributed by atoms with E-state index in [1.807, 2.05) is 0 Å². The summed E-state index contributed by atoms with van der Waals surface area (Å²) in [6.45, 7) is 6.36. The van der Waals surface area contributed by atoms with Crippen molar-refractivity contribution in [3.63, 3.8) is 0 Å². The summed E-state index contributed by atoms with van der Waals surface area (Å²) in [4.78, 5) is 11.3. The van der Waals surface area contributed by atoms with Gasteiger partial charge in [-0.1, -0.05) is 27.2 Å². The lowest BCUT2D eigenvalue weighted by Crippen LogP contribution is -2.57. The van der Waals surface area contributed by atoms with Crippen LogP contribution in [0.1, 0.15) is 40.0 Å². The third kappa shape index (κ3) is 1.70. The first kappa shape index (κ1) is 10.5. The van der Waals surface area contributed by atoms with Gasteiger partial charge in [0.2, 0.25) is 5.91 Å². The van der Waals surface area contributed by atoms with Crippen LogP contribution in [0.3, 0.4) is 0 Å². The zero-order chi connectivity index (χ0) is 10.3. The maximum Gasteiger partial charge on any atom is 0.237 e. The lowest BCUT2D eigenvalue weighted by atomic mass is 9.71. The Bertz CT molecular complexity index is 219. The summed E-state index contributed by atoms with van der Waals surface area (Å²) < 4.78 is 0. The molecule has 0 unspecified atom stereocenters. The molecule has 0 aromatic carbocycles. The van der Waals surface area contributed by atoms with Gasteiger partial charge in [0.05, 0.1) is 5.54 Å². The van der Waals surface area contributed by atoms with Gasteiger partial charge in [-0.15, -0.1) is 0 Å². The van der Waals surface area contributed by atoms with E-state index in [9.17, 15) is 4.79 Å². The monoisotopic (exact) mass is 184 g/mol. The van der Waals surface area contributed by atoms with Crippen LogP contribution in [0.2, 0.25) is 0 Å². The Morgan fingerprint density at radius 2 is 2.00 bits per heavy atom. The second-order valence-corrected chi connectivity index (χ2v) is 5.22. The van der Waals surface area contributed by atoms with Gasteiger partial charge in [0, 0.05) is 0 Å². The van der Waals surface area contributed by atoms with E-state index in [0.29, 0.717) is 0 Å². The molecule has 0 aromatic rings. The minimum Gasteiger partial charge on any atom is -0.368 e. The van der Waals surface area contributed by atoms with Crippen molar-refractivity contribution < 1.29 is 4.79 Å². The highest BCUT2D eigenvalue weighted by atomic mass is 16.1. The van der Waals surface area contributed by atoms with E-state index >= 15 is 0 Å². The zero-order valence-corrected chi connectivity index (χ0v) is 8.76. The van der Waals surface area contributed by atoms with Crippen LogP contribution in [-0.2, 0) is 4.79 Å². The van der Waals surface area contributed by atoms with Crippen molar-refractivity contribution in [2.75, 3.05) is 0 Å². The molecule has 0 aromatic heterocycles. The number of carbonyl (C=O) groups excluding carboxylic acids is 1. The summed E-state index contributed by atoms with van der Waals surface area (Å²) in [7, 11) is 0. The molecule has 13 heavy (non-hydrogen) atoms. The predicted octanol–water partition coefficient (Wildman–Crippen LogP) is 1.02. The van der Waals surface area contributed by atoms with Gasteiger partial charge < -0.3 is 11.5 Å². The van der Waals surface area contributed by atoms with Crippen LogP contribution < -0.4 is 11.5 Å². The van der Waals surface area contributed by atoms with Crippen molar-refractivity contribution in [1.29, 1.82) is 0 Å². The fourth-order valence-corrected chi connectivity index (χ4v) is 2.53. The standard InChI is InChI=1S/C10H20N2O/c1-9(2,3)7-5-4-6-10(7,12)8(11)13/h7H,4-6,12H2,1-3H3,(H2,11,13)/t7-,10+/m0/s1. The van der Waals surface area contributed by atoms with Crippen molar-refractivity contribution in [2.24, 2.45) is 22.8 Å². The molecular formula is C10H20N2O. The molecule has 1 aliphatic carbocycles. The van der Waals surface area contributed by atoms with Crippen LogP contribution >= 0.6 is 0 Å². The normalized spacial score (nSPS) is 34.9. The Morgan fingerprint density at radius 3 is 2.31 bits per heavy atom. The molecule has 0 spiro atoms. The average Bonchev–Trinajstić information content (AvgIpc) is 2.31. The summed E-state index contributed by atoms with van der Waals surface area (Å²) >= 11 is 0. The second-order valence-electron chi connectivity index (χ2n) is 5.22. The fourth-order valence-electron chi connectivity index (χ4n) is 2.53. The molecule has 1 saturated carbocycles.